The first-order valence-electron chi connectivity index (χ1n) is 7.03. The number of nitrogens with one attached hydrogen (secondary N) is 1. The number of anilines is 1. The van der Waals surface area contributed by atoms with Crippen molar-refractivity contribution in [1.29, 1.82) is 0 Å². The average Bonchev–Trinajstić information content (AvgIpc) is 3.27. The van der Waals surface area contributed by atoms with E-state index in [0.29, 0.717) is 23.3 Å². The van der Waals surface area contributed by atoms with Gasteiger partial charge in [0, 0.05) is 16.6 Å². The monoisotopic (exact) mass is 446 g/mol. The Morgan fingerprint density at radius 2 is 2.13 bits per heavy atom. The average molecular weight is 447 g/mol. The van der Waals surface area contributed by atoms with Crippen molar-refractivity contribution < 1.29 is 4.39 Å². The van der Waals surface area contributed by atoms with Crippen molar-refractivity contribution in [2.45, 2.75) is 18.3 Å². The van der Waals surface area contributed by atoms with Crippen molar-refractivity contribution in [3.8, 4) is 0 Å². The minimum absolute atomic E-state index is 0. The summed E-state index contributed by atoms with van der Waals surface area (Å²) in [5, 5.41) is 3.39. The van der Waals surface area contributed by atoms with Gasteiger partial charge in [0.05, 0.1) is 6.54 Å². The molecular formula is C16H17ClFIN4. The molecule has 122 valence electrons. The molecule has 3 rings (SSSR count). The first kappa shape index (κ1) is 17.9. The maximum atomic E-state index is 13.2. The molecule has 0 atom stereocenters. The Morgan fingerprint density at radius 1 is 1.35 bits per heavy atom. The van der Waals surface area contributed by atoms with E-state index in [1.54, 1.807) is 12.3 Å². The number of benzene rings is 1. The molecule has 0 radical (unpaired) electrons. The van der Waals surface area contributed by atoms with Gasteiger partial charge in [-0.1, -0.05) is 23.7 Å². The van der Waals surface area contributed by atoms with E-state index < -0.39 is 0 Å². The summed E-state index contributed by atoms with van der Waals surface area (Å²) in [7, 11) is 0. The number of hydrogen-bond acceptors (Lipinski definition) is 2. The molecule has 0 amide bonds. The number of nitrogens with two attached hydrogens (primary N) is 1. The zero-order chi connectivity index (χ0) is 15.6. The van der Waals surface area contributed by atoms with Crippen molar-refractivity contribution in [1.82, 2.24) is 4.98 Å². The Hall–Kier alpha value is -1.41. The van der Waals surface area contributed by atoms with E-state index in [1.165, 1.54) is 12.1 Å². The molecule has 4 nitrogen and oxygen atoms in total. The van der Waals surface area contributed by atoms with Crippen LogP contribution in [0.25, 0.3) is 0 Å². The van der Waals surface area contributed by atoms with Crippen LogP contribution in [0.3, 0.4) is 0 Å². The van der Waals surface area contributed by atoms with Gasteiger partial charge in [-0.3, -0.25) is 4.99 Å². The standard InChI is InChI=1S/C16H16ClFN4.HI/c17-13-9-11(18)4-5-12(13)16(6-7-16)10-21-15(19)22-14-3-1-2-8-20-14;/h1-5,8-9H,6-7,10H2,(H3,19,20,21,22);1H. The normalized spacial score (nSPS) is 15.7. The Balaban J connectivity index is 0.00000192. The predicted octanol–water partition coefficient (Wildman–Crippen LogP) is 3.95. The molecule has 1 aliphatic rings. The van der Waals surface area contributed by atoms with Crippen molar-refractivity contribution >= 4 is 47.4 Å². The molecule has 0 bridgehead atoms. The number of aromatic nitrogens is 1. The van der Waals surface area contributed by atoms with Gasteiger partial charge in [0.1, 0.15) is 11.6 Å². The van der Waals surface area contributed by atoms with Gasteiger partial charge in [0.25, 0.3) is 0 Å². The first-order valence-corrected chi connectivity index (χ1v) is 7.40. The van der Waals surface area contributed by atoms with E-state index in [1.807, 2.05) is 18.2 Å². The van der Waals surface area contributed by atoms with Crippen molar-refractivity contribution in [3.63, 3.8) is 0 Å². The Labute approximate surface area is 156 Å². The van der Waals surface area contributed by atoms with Gasteiger partial charge in [-0.15, -0.1) is 24.0 Å². The molecule has 0 spiro atoms. The number of nitrogens with zero attached hydrogens (tertiary/aromatic N) is 2. The number of halogens is 3. The lowest BCUT2D eigenvalue weighted by atomic mass is 9.96. The second-order valence-electron chi connectivity index (χ2n) is 5.45. The Kier molecular flexibility index (Phi) is 5.80. The van der Waals surface area contributed by atoms with E-state index in [2.05, 4.69) is 15.3 Å². The number of pyridine rings is 1. The fraction of sp³-hybridized carbons (Fsp3) is 0.250. The van der Waals surface area contributed by atoms with Crippen molar-refractivity contribution in [2.75, 3.05) is 11.9 Å². The maximum Gasteiger partial charge on any atom is 0.194 e. The van der Waals surface area contributed by atoms with Gasteiger partial charge >= 0.3 is 0 Å². The highest BCUT2D eigenvalue weighted by molar-refractivity contribution is 14.0. The van der Waals surface area contributed by atoms with Crippen molar-refractivity contribution in [2.24, 2.45) is 10.7 Å². The molecule has 7 heteroatoms. The van der Waals surface area contributed by atoms with E-state index in [4.69, 9.17) is 17.3 Å². The van der Waals surface area contributed by atoms with E-state index in [9.17, 15) is 4.39 Å². The summed E-state index contributed by atoms with van der Waals surface area (Å²) in [5.74, 6) is 0.626. The molecule has 1 fully saturated rings. The predicted molar refractivity (Wildman–Crippen MR) is 102 cm³/mol. The second-order valence-corrected chi connectivity index (χ2v) is 5.85. The van der Waals surface area contributed by atoms with Gasteiger partial charge in [-0.05, 0) is 42.7 Å². The summed E-state index contributed by atoms with van der Waals surface area (Å²) in [6.45, 7) is 0.518. The van der Waals surface area contributed by atoms with Crippen LogP contribution in [0.5, 0.6) is 0 Å². The molecule has 1 aromatic carbocycles. The summed E-state index contributed by atoms with van der Waals surface area (Å²) in [6, 6.07) is 10.0. The molecule has 0 aliphatic heterocycles. The summed E-state index contributed by atoms with van der Waals surface area (Å²) < 4.78 is 13.2. The highest BCUT2D eigenvalue weighted by atomic mass is 127. The van der Waals surface area contributed by atoms with Gasteiger partial charge in [0.2, 0.25) is 0 Å². The molecule has 0 saturated heterocycles. The minimum atomic E-state index is -0.329. The maximum absolute atomic E-state index is 13.2. The van der Waals surface area contributed by atoms with Crippen LogP contribution in [0.15, 0.2) is 47.6 Å². The van der Waals surface area contributed by atoms with Crippen LogP contribution in [0, 0.1) is 5.82 Å². The molecular weight excluding hydrogens is 430 g/mol. The smallest absolute Gasteiger partial charge is 0.194 e. The van der Waals surface area contributed by atoms with E-state index in [0.717, 1.165) is 18.4 Å². The number of rotatable bonds is 4. The zero-order valence-electron chi connectivity index (χ0n) is 12.3. The first-order chi connectivity index (χ1) is 10.6. The van der Waals surface area contributed by atoms with Gasteiger partial charge in [-0.2, -0.15) is 0 Å². The molecule has 3 N–H and O–H groups in total. The molecule has 2 aromatic rings. The molecule has 1 aliphatic carbocycles. The van der Waals surface area contributed by atoms with E-state index >= 15 is 0 Å². The topological polar surface area (TPSA) is 63.3 Å². The van der Waals surface area contributed by atoms with Crippen molar-refractivity contribution in [3.05, 3.63) is 59.0 Å². The van der Waals surface area contributed by atoms with Crippen LogP contribution in [0.2, 0.25) is 5.02 Å². The van der Waals surface area contributed by atoms with Crippen LogP contribution < -0.4 is 11.1 Å². The SMILES string of the molecule is I.NC(=NCC1(c2ccc(F)cc2Cl)CC1)Nc1ccccn1. The third-order valence-electron chi connectivity index (χ3n) is 3.83. The van der Waals surface area contributed by atoms with Gasteiger partial charge in [-0.25, -0.2) is 9.37 Å². The molecule has 1 heterocycles. The van der Waals surface area contributed by atoms with Crippen LogP contribution in [-0.4, -0.2) is 17.5 Å². The zero-order valence-corrected chi connectivity index (χ0v) is 15.4. The summed E-state index contributed by atoms with van der Waals surface area (Å²) >= 11 is 6.15. The lowest BCUT2D eigenvalue weighted by Crippen LogP contribution is -2.25. The number of guanidine groups is 1. The van der Waals surface area contributed by atoms with Crippen LogP contribution in [0.4, 0.5) is 10.2 Å². The Morgan fingerprint density at radius 3 is 2.74 bits per heavy atom. The van der Waals surface area contributed by atoms with Gasteiger partial charge in [0.15, 0.2) is 5.96 Å². The number of aliphatic imine (C=N–C) groups is 1. The fourth-order valence-electron chi connectivity index (χ4n) is 2.43. The third kappa shape index (κ3) is 4.32. The van der Waals surface area contributed by atoms with Crippen LogP contribution in [-0.2, 0) is 5.41 Å². The highest BCUT2D eigenvalue weighted by Crippen LogP contribution is 2.50. The second kappa shape index (κ2) is 7.44. The fourth-order valence-corrected chi connectivity index (χ4v) is 2.79. The largest absolute Gasteiger partial charge is 0.370 e. The quantitative estimate of drug-likeness (QED) is 0.425. The third-order valence-corrected chi connectivity index (χ3v) is 4.14. The molecule has 1 aromatic heterocycles. The van der Waals surface area contributed by atoms with Crippen LogP contribution >= 0.6 is 35.6 Å². The summed E-state index contributed by atoms with van der Waals surface area (Å²) in [5.41, 5.74) is 6.70. The number of hydrogen-bond donors (Lipinski definition) is 2. The minimum Gasteiger partial charge on any atom is -0.370 e. The highest BCUT2D eigenvalue weighted by Gasteiger charge is 2.45. The van der Waals surface area contributed by atoms with E-state index in [-0.39, 0.29) is 35.2 Å². The Bertz CT molecular complexity index is 704. The lowest BCUT2D eigenvalue weighted by molar-refractivity contribution is 0.623. The molecule has 23 heavy (non-hydrogen) atoms. The molecule has 0 unspecified atom stereocenters. The van der Waals surface area contributed by atoms with Crippen LogP contribution in [0.1, 0.15) is 18.4 Å². The van der Waals surface area contributed by atoms with Gasteiger partial charge < -0.3 is 11.1 Å². The molecule has 1 saturated carbocycles. The summed E-state index contributed by atoms with van der Waals surface area (Å²) in [4.78, 5) is 8.51. The lowest BCUT2D eigenvalue weighted by Gasteiger charge is -2.15. The summed E-state index contributed by atoms with van der Waals surface area (Å²) in [6.07, 6.45) is 3.62.